The molecule has 2 aromatic carbocycles. The fourth-order valence-electron chi connectivity index (χ4n) is 2.71. The largest absolute Gasteiger partial charge is 0.497 e. The van der Waals surface area contributed by atoms with E-state index in [0.717, 1.165) is 16.5 Å². The van der Waals surface area contributed by atoms with E-state index < -0.39 is 0 Å². The van der Waals surface area contributed by atoms with Crippen LogP contribution in [0.15, 0.2) is 42.6 Å². The van der Waals surface area contributed by atoms with Crippen molar-refractivity contribution in [3.8, 4) is 11.5 Å². The summed E-state index contributed by atoms with van der Waals surface area (Å²) in [7, 11) is 3.07. The number of H-pyrrole nitrogens is 1. The fraction of sp³-hybridized carbons (Fsp3) is 0.211. The fourth-order valence-corrected chi connectivity index (χ4v) is 2.71. The molecule has 1 amide bonds. The zero-order chi connectivity index (χ0) is 17.8. The molecule has 0 saturated carbocycles. The smallest absolute Gasteiger partial charge is 0.251 e. The van der Waals surface area contributed by atoms with Gasteiger partial charge in [0.05, 0.1) is 14.2 Å². The molecular formula is C19H19FN2O3. The zero-order valence-corrected chi connectivity index (χ0v) is 14.1. The van der Waals surface area contributed by atoms with E-state index in [1.807, 2.05) is 6.20 Å². The van der Waals surface area contributed by atoms with Crippen LogP contribution in [0.4, 0.5) is 4.39 Å². The first-order valence-corrected chi connectivity index (χ1v) is 7.87. The molecule has 3 aromatic rings. The molecule has 0 spiro atoms. The molecule has 0 saturated heterocycles. The van der Waals surface area contributed by atoms with Crippen molar-refractivity contribution >= 4 is 16.8 Å². The van der Waals surface area contributed by atoms with E-state index in [9.17, 15) is 9.18 Å². The van der Waals surface area contributed by atoms with Gasteiger partial charge in [-0.05, 0) is 42.3 Å². The third kappa shape index (κ3) is 3.74. The summed E-state index contributed by atoms with van der Waals surface area (Å²) in [6, 6.07) is 9.63. The van der Waals surface area contributed by atoms with Gasteiger partial charge in [0.2, 0.25) is 0 Å². The molecule has 5 nitrogen and oxygen atoms in total. The van der Waals surface area contributed by atoms with Gasteiger partial charge in [-0.3, -0.25) is 4.79 Å². The van der Waals surface area contributed by atoms with Gasteiger partial charge in [-0.1, -0.05) is 0 Å². The van der Waals surface area contributed by atoms with Crippen LogP contribution in [0.1, 0.15) is 15.9 Å². The normalized spacial score (nSPS) is 10.7. The number of nitrogens with one attached hydrogen (secondary N) is 2. The van der Waals surface area contributed by atoms with Gasteiger partial charge in [0.1, 0.15) is 17.3 Å². The number of benzene rings is 2. The van der Waals surface area contributed by atoms with Crippen molar-refractivity contribution in [2.24, 2.45) is 0 Å². The molecule has 130 valence electrons. The van der Waals surface area contributed by atoms with E-state index in [4.69, 9.17) is 9.47 Å². The molecule has 2 N–H and O–H groups in total. The number of aromatic nitrogens is 1. The first-order valence-electron chi connectivity index (χ1n) is 7.87. The van der Waals surface area contributed by atoms with Gasteiger partial charge in [-0.25, -0.2) is 4.39 Å². The van der Waals surface area contributed by atoms with Crippen molar-refractivity contribution in [1.82, 2.24) is 10.3 Å². The number of ether oxygens (including phenoxy) is 2. The molecule has 1 heterocycles. The minimum atomic E-state index is -0.277. The number of fused-ring (bicyclic) bond motifs is 1. The molecule has 3 rings (SSSR count). The molecule has 6 heteroatoms. The van der Waals surface area contributed by atoms with Crippen molar-refractivity contribution in [3.05, 3.63) is 59.5 Å². The van der Waals surface area contributed by atoms with Gasteiger partial charge in [-0.15, -0.1) is 0 Å². The molecule has 0 unspecified atom stereocenters. The number of amides is 1. The maximum atomic E-state index is 13.4. The summed E-state index contributed by atoms with van der Waals surface area (Å²) in [6.07, 6.45) is 2.43. The Morgan fingerprint density at radius 1 is 1.12 bits per heavy atom. The number of rotatable bonds is 6. The number of aromatic amines is 1. The van der Waals surface area contributed by atoms with Crippen LogP contribution in [0.25, 0.3) is 10.9 Å². The van der Waals surface area contributed by atoms with E-state index in [0.29, 0.717) is 30.0 Å². The van der Waals surface area contributed by atoms with E-state index in [1.54, 1.807) is 24.3 Å². The van der Waals surface area contributed by atoms with Crippen LogP contribution in [0.2, 0.25) is 0 Å². The van der Waals surface area contributed by atoms with Crippen molar-refractivity contribution < 1.29 is 18.7 Å². The second kappa shape index (κ2) is 7.25. The Balaban J connectivity index is 1.67. The quantitative estimate of drug-likeness (QED) is 0.722. The van der Waals surface area contributed by atoms with Crippen LogP contribution in [0, 0.1) is 5.82 Å². The first-order chi connectivity index (χ1) is 12.1. The van der Waals surface area contributed by atoms with Crippen LogP contribution in [0.5, 0.6) is 11.5 Å². The second-order valence-corrected chi connectivity index (χ2v) is 5.61. The van der Waals surface area contributed by atoms with Crippen LogP contribution in [-0.2, 0) is 6.42 Å². The van der Waals surface area contributed by atoms with Gasteiger partial charge in [0, 0.05) is 35.3 Å². The third-order valence-corrected chi connectivity index (χ3v) is 4.02. The van der Waals surface area contributed by atoms with Gasteiger partial charge < -0.3 is 19.8 Å². The lowest BCUT2D eigenvalue weighted by Gasteiger charge is -2.09. The van der Waals surface area contributed by atoms with Crippen LogP contribution >= 0.6 is 0 Å². The standard InChI is InChI=1S/C19H19FN2O3/c1-24-15-7-13(8-16(10-15)25-2)19(23)21-6-5-12-11-22-18-4-3-14(20)9-17(12)18/h3-4,7-11,22H,5-6H2,1-2H3,(H,21,23). The lowest BCUT2D eigenvalue weighted by Crippen LogP contribution is -2.25. The number of carbonyl (C=O) groups is 1. The maximum Gasteiger partial charge on any atom is 0.251 e. The highest BCUT2D eigenvalue weighted by molar-refractivity contribution is 5.95. The SMILES string of the molecule is COc1cc(OC)cc(C(=O)NCCc2c[nH]c3ccc(F)cc23)c1. The lowest BCUT2D eigenvalue weighted by molar-refractivity contribution is 0.0953. The molecule has 0 aliphatic rings. The molecule has 25 heavy (non-hydrogen) atoms. The minimum Gasteiger partial charge on any atom is -0.497 e. The number of hydrogen-bond acceptors (Lipinski definition) is 3. The zero-order valence-electron chi connectivity index (χ0n) is 14.1. The molecule has 0 radical (unpaired) electrons. The Morgan fingerprint density at radius 3 is 2.52 bits per heavy atom. The topological polar surface area (TPSA) is 63.4 Å². The summed E-state index contributed by atoms with van der Waals surface area (Å²) in [5.74, 6) is 0.609. The monoisotopic (exact) mass is 342 g/mol. The van der Waals surface area contributed by atoms with Crippen molar-refractivity contribution in [1.29, 1.82) is 0 Å². The maximum absolute atomic E-state index is 13.4. The summed E-state index contributed by atoms with van der Waals surface area (Å²) in [5.41, 5.74) is 2.29. The Kier molecular flexibility index (Phi) is 4.88. The third-order valence-electron chi connectivity index (χ3n) is 4.02. The molecule has 0 atom stereocenters. The van der Waals surface area contributed by atoms with E-state index in [2.05, 4.69) is 10.3 Å². The van der Waals surface area contributed by atoms with Crippen LogP contribution in [0.3, 0.4) is 0 Å². The van der Waals surface area contributed by atoms with Crippen LogP contribution < -0.4 is 14.8 Å². The van der Waals surface area contributed by atoms with Gasteiger partial charge in [-0.2, -0.15) is 0 Å². The highest BCUT2D eigenvalue weighted by Gasteiger charge is 2.10. The summed E-state index contributed by atoms with van der Waals surface area (Å²) in [5, 5.41) is 3.69. The minimum absolute atomic E-state index is 0.219. The van der Waals surface area contributed by atoms with Crippen molar-refractivity contribution in [2.45, 2.75) is 6.42 Å². The van der Waals surface area contributed by atoms with Crippen molar-refractivity contribution in [2.75, 3.05) is 20.8 Å². The Bertz CT molecular complexity index is 883. The number of methoxy groups -OCH3 is 2. The predicted molar refractivity (Wildman–Crippen MR) is 93.8 cm³/mol. The molecule has 0 fully saturated rings. The predicted octanol–water partition coefficient (Wildman–Crippen LogP) is 3.30. The van der Waals surface area contributed by atoms with Crippen molar-refractivity contribution in [3.63, 3.8) is 0 Å². The number of carbonyl (C=O) groups excluding carboxylic acids is 1. The molecular weight excluding hydrogens is 323 g/mol. The highest BCUT2D eigenvalue weighted by Crippen LogP contribution is 2.23. The highest BCUT2D eigenvalue weighted by atomic mass is 19.1. The Labute approximate surface area is 144 Å². The van der Waals surface area contributed by atoms with E-state index >= 15 is 0 Å². The molecule has 0 aliphatic heterocycles. The summed E-state index contributed by atoms with van der Waals surface area (Å²) < 4.78 is 23.7. The second-order valence-electron chi connectivity index (χ2n) is 5.61. The summed E-state index contributed by atoms with van der Waals surface area (Å²) in [6.45, 7) is 0.432. The van der Waals surface area contributed by atoms with E-state index in [1.165, 1.54) is 26.4 Å². The molecule has 0 aliphatic carbocycles. The van der Waals surface area contributed by atoms with E-state index in [-0.39, 0.29) is 11.7 Å². The summed E-state index contributed by atoms with van der Waals surface area (Å²) in [4.78, 5) is 15.4. The molecule has 1 aromatic heterocycles. The first kappa shape index (κ1) is 16.8. The lowest BCUT2D eigenvalue weighted by atomic mass is 10.1. The Morgan fingerprint density at radius 2 is 1.84 bits per heavy atom. The average Bonchev–Trinajstić information content (AvgIpc) is 3.03. The average molecular weight is 342 g/mol. The molecule has 0 bridgehead atoms. The van der Waals surface area contributed by atoms with Gasteiger partial charge in [0.15, 0.2) is 0 Å². The van der Waals surface area contributed by atoms with Gasteiger partial charge in [0.25, 0.3) is 5.91 Å². The summed E-state index contributed by atoms with van der Waals surface area (Å²) >= 11 is 0. The van der Waals surface area contributed by atoms with Gasteiger partial charge >= 0.3 is 0 Å². The number of hydrogen-bond donors (Lipinski definition) is 2. The number of halogens is 1. The Hall–Kier alpha value is -3.02. The van der Waals surface area contributed by atoms with Crippen LogP contribution in [-0.4, -0.2) is 31.7 Å².